The maximum Gasteiger partial charge on any atom is 0.238 e. The van der Waals surface area contributed by atoms with Crippen molar-refractivity contribution in [1.82, 2.24) is 0 Å². The second kappa shape index (κ2) is 4.67. The zero-order valence-electron chi connectivity index (χ0n) is 7.17. The maximum atomic E-state index is 11.4. The van der Waals surface area contributed by atoms with Gasteiger partial charge in [-0.05, 0) is 28.4 Å². The van der Waals surface area contributed by atoms with E-state index in [1.807, 2.05) is 6.92 Å². The number of halogens is 1. The van der Waals surface area contributed by atoms with Crippen LogP contribution in [0.25, 0.3) is 0 Å². The SMILES string of the molecule is CCCC(=O)C(=O)c1cc(Br)cs1. The summed E-state index contributed by atoms with van der Waals surface area (Å²) in [4.78, 5) is 23.1. The molecule has 0 aromatic carbocycles. The minimum atomic E-state index is -0.363. The maximum absolute atomic E-state index is 11.4. The van der Waals surface area contributed by atoms with Crippen LogP contribution in [-0.4, -0.2) is 11.6 Å². The van der Waals surface area contributed by atoms with E-state index in [1.165, 1.54) is 11.3 Å². The van der Waals surface area contributed by atoms with Gasteiger partial charge in [-0.3, -0.25) is 9.59 Å². The molecule has 4 heteroatoms. The third-order valence-electron chi connectivity index (χ3n) is 1.52. The van der Waals surface area contributed by atoms with Gasteiger partial charge < -0.3 is 0 Å². The van der Waals surface area contributed by atoms with Gasteiger partial charge in [0.1, 0.15) is 0 Å². The Labute approximate surface area is 89.1 Å². The molecule has 0 amide bonds. The molecule has 2 nitrogen and oxygen atoms in total. The first kappa shape index (κ1) is 10.6. The van der Waals surface area contributed by atoms with Crippen LogP contribution in [0.5, 0.6) is 0 Å². The van der Waals surface area contributed by atoms with Gasteiger partial charge in [-0.1, -0.05) is 6.92 Å². The zero-order valence-corrected chi connectivity index (χ0v) is 9.57. The van der Waals surface area contributed by atoms with E-state index in [2.05, 4.69) is 15.9 Å². The highest BCUT2D eigenvalue weighted by atomic mass is 79.9. The molecular weight excluding hydrogens is 252 g/mol. The lowest BCUT2D eigenvalue weighted by molar-refractivity contribution is -0.115. The largest absolute Gasteiger partial charge is 0.290 e. The zero-order chi connectivity index (χ0) is 9.84. The van der Waals surface area contributed by atoms with Crippen LogP contribution in [0.1, 0.15) is 29.4 Å². The highest BCUT2D eigenvalue weighted by molar-refractivity contribution is 9.10. The average Bonchev–Trinajstić information content (AvgIpc) is 2.51. The Morgan fingerprint density at radius 2 is 2.23 bits per heavy atom. The summed E-state index contributed by atoms with van der Waals surface area (Å²) in [7, 11) is 0. The Balaban J connectivity index is 2.73. The third-order valence-corrected chi connectivity index (χ3v) is 3.21. The molecule has 1 heterocycles. The molecule has 0 radical (unpaired) electrons. The van der Waals surface area contributed by atoms with E-state index in [4.69, 9.17) is 0 Å². The van der Waals surface area contributed by atoms with Crippen molar-refractivity contribution in [3.8, 4) is 0 Å². The molecular formula is C9H9BrO2S. The number of hydrogen-bond acceptors (Lipinski definition) is 3. The lowest BCUT2D eigenvalue weighted by atomic mass is 10.1. The molecule has 0 saturated carbocycles. The quantitative estimate of drug-likeness (QED) is 0.616. The molecule has 1 rings (SSSR count). The average molecular weight is 261 g/mol. The van der Waals surface area contributed by atoms with Crippen molar-refractivity contribution < 1.29 is 9.59 Å². The number of thiophene rings is 1. The topological polar surface area (TPSA) is 34.1 Å². The molecule has 70 valence electrons. The first-order valence-corrected chi connectivity index (χ1v) is 5.64. The predicted octanol–water partition coefficient (Wildman–Crippen LogP) is 3.06. The third kappa shape index (κ3) is 2.74. The van der Waals surface area contributed by atoms with Gasteiger partial charge in [0, 0.05) is 16.3 Å². The summed E-state index contributed by atoms with van der Waals surface area (Å²) in [5, 5.41) is 1.80. The van der Waals surface area contributed by atoms with E-state index < -0.39 is 0 Å². The molecule has 0 saturated heterocycles. The molecule has 0 fully saturated rings. The molecule has 0 spiro atoms. The summed E-state index contributed by atoms with van der Waals surface area (Å²) >= 11 is 4.53. The minimum absolute atomic E-state index is 0.295. The van der Waals surface area contributed by atoms with Crippen LogP contribution in [0.2, 0.25) is 0 Å². The second-order valence-corrected chi connectivity index (χ2v) is 4.46. The van der Waals surface area contributed by atoms with Crippen LogP contribution in [0.15, 0.2) is 15.9 Å². The minimum Gasteiger partial charge on any atom is -0.290 e. The Bertz CT molecular complexity index is 330. The van der Waals surface area contributed by atoms with E-state index in [1.54, 1.807) is 11.4 Å². The second-order valence-electron chi connectivity index (χ2n) is 2.63. The first-order chi connectivity index (χ1) is 6.15. The van der Waals surface area contributed by atoms with E-state index in [0.717, 1.165) is 10.9 Å². The summed E-state index contributed by atoms with van der Waals surface area (Å²) < 4.78 is 0.852. The van der Waals surface area contributed by atoms with Crippen molar-refractivity contribution in [1.29, 1.82) is 0 Å². The van der Waals surface area contributed by atoms with Crippen molar-refractivity contribution in [2.45, 2.75) is 19.8 Å². The fourth-order valence-corrected chi connectivity index (χ4v) is 2.29. The molecule has 1 aromatic rings. The summed E-state index contributed by atoms with van der Waals surface area (Å²) in [6, 6.07) is 1.68. The Hall–Kier alpha value is -0.480. The molecule has 0 atom stereocenters. The van der Waals surface area contributed by atoms with E-state index >= 15 is 0 Å². The van der Waals surface area contributed by atoms with Crippen molar-refractivity contribution in [2.24, 2.45) is 0 Å². The van der Waals surface area contributed by atoms with Crippen LogP contribution in [0.4, 0.5) is 0 Å². The van der Waals surface area contributed by atoms with Crippen LogP contribution >= 0.6 is 27.3 Å². The normalized spacial score (nSPS) is 10.0. The smallest absolute Gasteiger partial charge is 0.238 e. The highest BCUT2D eigenvalue weighted by Crippen LogP contribution is 2.20. The Kier molecular flexibility index (Phi) is 3.81. The standard InChI is InChI=1S/C9H9BrO2S/c1-2-3-7(11)9(12)8-4-6(10)5-13-8/h4-5H,2-3H2,1H3. The number of carbonyl (C=O) groups is 2. The lowest BCUT2D eigenvalue weighted by Crippen LogP contribution is -2.11. The monoisotopic (exact) mass is 260 g/mol. The van der Waals surface area contributed by atoms with Crippen LogP contribution < -0.4 is 0 Å². The number of ketones is 2. The number of rotatable bonds is 4. The summed E-state index contributed by atoms with van der Waals surface area (Å²) in [6.07, 6.45) is 1.06. The van der Waals surface area contributed by atoms with Crippen molar-refractivity contribution >= 4 is 38.8 Å². The predicted molar refractivity (Wildman–Crippen MR) is 56.3 cm³/mol. The summed E-state index contributed by atoms with van der Waals surface area (Å²) in [5.41, 5.74) is 0. The molecule has 0 unspecified atom stereocenters. The fraction of sp³-hybridized carbons (Fsp3) is 0.333. The molecule has 13 heavy (non-hydrogen) atoms. The molecule has 0 N–H and O–H groups in total. The fourth-order valence-electron chi connectivity index (χ4n) is 0.910. The summed E-state index contributed by atoms with van der Waals surface area (Å²) in [6.45, 7) is 1.88. The summed E-state index contributed by atoms with van der Waals surface area (Å²) in [5.74, 6) is -0.658. The van der Waals surface area contributed by atoms with Crippen molar-refractivity contribution in [3.05, 3.63) is 20.8 Å². The molecule has 0 aliphatic heterocycles. The number of carbonyl (C=O) groups excluding carboxylic acids is 2. The molecule has 0 bridgehead atoms. The van der Waals surface area contributed by atoms with E-state index in [9.17, 15) is 9.59 Å². The molecule has 1 aromatic heterocycles. The van der Waals surface area contributed by atoms with Gasteiger partial charge in [-0.15, -0.1) is 11.3 Å². The van der Waals surface area contributed by atoms with Gasteiger partial charge in [0.05, 0.1) is 4.88 Å². The van der Waals surface area contributed by atoms with E-state index in [-0.39, 0.29) is 11.6 Å². The van der Waals surface area contributed by atoms with Crippen molar-refractivity contribution in [3.63, 3.8) is 0 Å². The van der Waals surface area contributed by atoms with Crippen molar-refractivity contribution in [2.75, 3.05) is 0 Å². The molecule has 0 aliphatic rings. The van der Waals surface area contributed by atoms with E-state index in [0.29, 0.717) is 11.3 Å². The lowest BCUT2D eigenvalue weighted by Gasteiger charge is -1.93. The van der Waals surface area contributed by atoms with Gasteiger partial charge in [0.25, 0.3) is 0 Å². The number of Topliss-reactive ketones (excluding diaryl/α,β-unsaturated/α-hetero) is 2. The van der Waals surface area contributed by atoms with Crippen LogP contribution in [-0.2, 0) is 4.79 Å². The van der Waals surface area contributed by atoms with Gasteiger partial charge in [-0.25, -0.2) is 0 Å². The Morgan fingerprint density at radius 1 is 1.54 bits per heavy atom. The number of hydrogen-bond donors (Lipinski definition) is 0. The van der Waals surface area contributed by atoms with Crippen LogP contribution in [0, 0.1) is 0 Å². The highest BCUT2D eigenvalue weighted by Gasteiger charge is 2.16. The van der Waals surface area contributed by atoms with Gasteiger partial charge >= 0.3 is 0 Å². The van der Waals surface area contributed by atoms with Gasteiger partial charge in [-0.2, -0.15) is 0 Å². The van der Waals surface area contributed by atoms with Gasteiger partial charge in [0.15, 0.2) is 0 Å². The Morgan fingerprint density at radius 3 is 2.69 bits per heavy atom. The van der Waals surface area contributed by atoms with Crippen LogP contribution in [0.3, 0.4) is 0 Å². The first-order valence-electron chi connectivity index (χ1n) is 3.96. The van der Waals surface area contributed by atoms with Gasteiger partial charge in [0.2, 0.25) is 11.6 Å². The molecule has 0 aliphatic carbocycles.